The van der Waals surface area contributed by atoms with Crippen molar-refractivity contribution in [2.75, 3.05) is 13.1 Å². The highest BCUT2D eigenvalue weighted by atomic mass is 32.1. The summed E-state index contributed by atoms with van der Waals surface area (Å²) in [4.78, 5) is 4.63. The fourth-order valence-corrected chi connectivity index (χ4v) is 2.28. The third-order valence-corrected chi connectivity index (χ3v) is 4.01. The van der Waals surface area contributed by atoms with Crippen LogP contribution in [0.25, 0.3) is 0 Å². The van der Waals surface area contributed by atoms with Gasteiger partial charge in [0.05, 0.1) is 10.7 Å². The highest BCUT2D eigenvalue weighted by Gasteiger charge is 2.05. The first-order valence-electron chi connectivity index (χ1n) is 6.28. The molecule has 0 bridgehead atoms. The van der Waals surface area contributed by atoms with Crippen molar-refractivity contribution in [1.29, 1.82) is 0 Å². The first-order chi connectivity index (χ1) is 7.63. The molecule has 0 spiro atoms. The Kier molecular flexibility index (Phi) is 5.99. The number of rotatable bonds is 7. The molecule has 3 heteroatoms. The van der Waals surface area contributed by atoms with E-state index in [0.717, 1.165) is 25.4 Å². The zero-order valence-corrected chi connectivity index (χ0v) is 11.7. The Bertz CT molecular complexity index is 294. The average molecular weight is 240 g/mol. The van der Waals surface area contributed by atoms with Crippen LogP contribution in [0.4, 0.5) is 0 Å². The Labute approximate surface area is 103 Å². The fraction of sp³-hybridized carbons (Fsp3) is 0.769. The van der Waals surface area contributed by atoms with Gasteiger partial charge in [0.25, 0.3) is 0 Å². The lowest BCUT2D eigenvalue weighted by molar-refractivity contribution is 0.501. The maximum atomic E-state index is 4.63. The first-order valence-corrected chi connectivity index (χ1v) is 7.16. The Hall–Kier alpha value is -0.410. The molecule has 1 aromatic heterocycles. The van der Waals surface area contributed by atoms with Crippen molar-refractivity contribution >= 4 is 11.3 Å². The molecule has 1 unspecified atom stereocenters. The number of thiazole rings is 1. The molecule has 1 atom stereocenters. The molecule has 1 aromatic rings. The number of nitrogens with one attached hydrogen (secondary N) is 1. The molecule has 0 saturated heterocycles. The lowest BCUT2D eigenvalue weighted by Gasteiger charge is -2.08. The molecule has 0 fully saturated rings. The van der Waals surface area contributed by atoms with Gasteiger partial charge in [0.15, 0.2) is 0 Å². The van der Waals surface area contributed by atoms with E-state index in [1.807, 2.05) is 0 Å². The summed E-state index contributed by atoms with van der Waals surface area (Å²) in [7, 11) is 0. The van der Waals surface area contributed by atoms with Crippen molar-refractivity contribution in [1.82, 2.24) is 10.3 Å². The van der Waals surface area contributed by atoms with Gasteiger partial charge in [0, 0.05) is 24.3 Å². The van der Waals surface area contributed by atoms with Crippen molar-refractivity contribution in [3.05, 3.63) is 16.1 Å². The zero-order chi connectivity index (χ0) is 12.0. The highest BCUT2D eigenvalue weighted by molar-refractivity contribution is 7.09. The molecule has 0 aliphatic rings. The van der Waals surface area contributed by atoms with Gasteiger partial charge in [-0.3, -0.25) is 0 Å². The maximum absolute atomic E-state index is 4.63. The largest absolute Gasteiger partial charge is 0.316 e. The van der Waals surface area contributed by atoms with E-state index in [4.69, 9.17) is 0 Å². The van der Waals surface area contributed by atoms with Gasteiger partial charge < -0.3 is 5.32 Å². The van der Waals surface area contributed by atoms with Crippen LogP contribution in [0.3, 0.4) is 0 Å². The molecular formula is C13H24N2S. The van der Waals surface area contributed by atoms with Gasteiger partial charge in [-0.25, -0.2) is 4.98 Å². The van der Waals surface area contributed by atoms with Gasteiger partial charge in [-0.05, 0) is 12.5 Å². The molecule has 0 radical (unpaired) electrons. The van der Waals surface area contributed by atoms with E-state index in [0.29, 0.717) is 5.92 Å². The molecule has 0 aliphatic carbocycles. The number of hydrogen-bond acceptors (Lipinski definition) is 3. The molecule has 0 saturated carbocycles. The minimum Gasteiger partial charge on any atom is -0.316 e. The van der Waals surface area contributed by atoms with E-state index in [2.05, 4.69) is 43.4 Å². The summed E-state index contributed by atoms with van der Waals surface area (Å²) in [5, 5.41) is 6.94. The van der Waals surface area contributed by atoms with Crippen LogP contribution in [-0.2, 0) is 6.42 Å². The van der Waals surface area contributed by atoms with Crippen LogP contribution in [-0.4, -0.2) is 18.1 Å². The lowest BCUT2D eigenvalue weighted by Crippen LogP contribution is -2.23. The topological polar surface area (TPSA) is 24.9 Å². The second-order valence-corrected chi connectivity index (χ2v) is 5.69. The van der Waals surface area contributed by atoms with Gasteiger partial charge in [-0.15, -0.1) is 11.3 Å². The van der Waals surface area contributed by atoms with Crippen LogP contribution in [0, 0.1) is 5.92 Å². The monoisotopic (exact) mass is 240 g/mol. The first kappa shape index (κ1) is 13.7. The average Bonchev–Trinajstić information content (AvgIpc) is 2.72. The second kappa shape index (κ2) is 7.02. The van der Waals surface area contributed by atoms with Crippen LogP contribution >= 0.6 is 11.3 Å². The maximum Gasteiger partial charge on any atom is 0.0953 e. The molecular weight excluding hydrogens is 216 g/mol. The predicted octanol–water partition coefficient (Wildman–Crippen LogP) is 3.44. The van der Waals surface area contributed by atoms with E-state index >= 15 is 0 Å². The molecule has 1 heterocycles. The summed E-state index contributed by atoms with van der Waals surface area (Å²) < 4.78 is 0. The van der Waals surface area contributed by atoms with E-state index in [1.54, 1.807) is 11.3 Å². The van der Waals surface area contributed by atoms with Crippen LogP contribution in [0.15, 0.2) is 5.38 Å². The number of nitrogens with zero attached hydrogens (tertiary/aromatic N) is 1. The molecule has 0 amide bonds. The zero-order valence-electron chi connectivity index (χ0n) is 10.9. The fourth-order valence-electron chi connectivity index (χ4n) is 1.41. The molecule has 2 nitrogen and oxygen atoms in total. The summed E-state index contributed by atoms with van der Waals surface area (Å²) in [6.07, 6.45) is 2.31. The van der Waals surface area contributed by atoms with Gasteiger partial charge >= 0.3 is 0 Å². The van der Waals surface area contributed by atoms with Crippen molar-refractivity contribution in [3.63, 3.8) is 0 Å². The van der Waals surface area contributed by atoms with E-state index in [1.165, 1.54) is 17.1 Å². The molecule has 16 heavy (non-hydrogen) atoms. The second-order valence-electron chi connectivity index (χ2n) is 4.80. The summed E-state index contributed by atoms with van der Waals surface area (Å²) in [6, 6.07) is 0. The van der Waals surface area contributed by atoms with Crippen molar-refractivity contribution in [2.24, 2.45) is 5.92 Å². The lowest BCUT2D eigenvalue weighted by atomic mass is 10.1. The van der Waals surface area contributed by atoms with Crippen LogP contribution in [0.5, 0.6) is 0 Å². The smallest absolute Gasteiger partial charge is 0.0953 e. The Morgan fingerprint density at radius 1 is 1.38 bits per heavy atom. The van der Waals surface area contributed by atoms with Crippen LogP contribution in [0.1, 0.15) is 50.7 Å². The summed E-state index contributed by atoms with van der Waals surface area (Å²) in [6.45, 7) is 11.1. The molecule has 1 rings (SSSR count). The Morgan fingerprint density at radius 2 is 2.12 bits per heavy atom. The Morgan fingerprint density at radius 3 is 2.69 bits per heavy atom. The SMILES string of the molecule is CCC(C)CNCCc1csc(C(C)C)n1. The molecule has 0 aliphatic heterocycles. The number of hydrogen-bond donors (Lipinski definition) is 1. The van der Waals surface area contributed by atoms with Crippen LogP contribution < -0.4 is 5.32 Å². The highest BCUT2D eigenvalue weighted by Crippen LogP contribution is 2.19. The molecule has 92 valence electrons. The molecule has 0 aromatic carbocycles. The third kappa shape index (κ3) is 4.62. The normalized spacial score (nSPS) is 13.3. The summed E-state index contributed by atoms with van der Waals surface area (Å²) in [5.74, 6) is 1.34. The Balaban J connectivity index is 2.21. The van der Waals surface area contributed by atoms with Gasteiger partial charge in [-0.2, -0.15) is 0 Å². The van der Waals surface area contributed by atoms with Crippen molar-refractivity contribution in [2.45, 2.75) is 46.5 Å². The summed E-state index contributed by atoms with van der Waals surface area (Å²) in [5.41, 5.74) is 1.24. The predicted molar refractivity (Wildman–Crippen MR) is 72.2 cm³/mol. The van der Waals surface area contributed by atoms with E-state index in [9.17, 15) is 0 Å². The quantitative estimate of drug-likeness (QED) is 0.738. The standard InChI is InChI=1S/C13H24N2S/c1-5-11(4)8-14-7-6-12-9-16-13(15-12)10(2)3/h9-11,14H,5-8H2,1-4H3. The number of aromatic nitrogens is 1. The molecule has 1 N–H and O–H groups in total. The van der Waals surface area contributed by atoms with E-state index in [-0.39, 0.29) is 0 Å². The van der Waals surface area contributed by atoms with Gasteiger partial charge in [0.2, 0.25) is 0 Å². The summed E-state index contributed by atoms with van der Waals surface area (Å²) >= 11 is 1.79. The van der Waals surface area contributed by atoms with Crippen molar-refractivity contribution in [3.8, 4) is 0 Å². The minimum atomic E-state index is 0.562. The van der Waals surface area contributed by atoms with Crippen molar-refractivity contribution < 1.29 is 0 Å². The van der Waals surface area contributed by atoms with Gasteiger partial charge in [-0.1, -0.05) is 34.1 Å². The third-order valence-electron chi connectivity index (χ3n) is 2.81. The van der Waals surface area contributed by atoms with Crippen LogP contribution in [0.2, 0.25) is 0 Å². The van der Waals surface area contributed by atoms with E-state index < -0.39 is 0 Å². The van der Waals surface area contributed by atoms with Gasteiger partial charge in [0.1, 0.15) is 0 Å². The minimum absolute atomic E-state index is 0.562.